The van der Waals surface area contributed by atoms with Gasteiger partial charge in [-0.3, -0.25) is 15.0 Å². The number of aromatic hydroxyl groups is 1. The van der Waals surface area contributed by atoms with E-state index in [-0.39, 0.29) is 30.0 Å². The van der Waals surface area contributed by atoms with Gasteiger partial charge in [-0.25, -0.2) is 0 Å². The van der Waals surface area contributed by atoms with Crippen molar-refractivity contribution in [3.05, 3.63) is 15.9 Å². The molecule has 1 aromatic heterocycles. The molecule has 1 rings (SSSR count). The molecule has 0 radical (unpaired) electrons. The van der Waals surface area contributed by atoms with Gasteiger partial charge < -0.3 is 10.2 Å². The van der Waals surface area contributed by atoms with E-state index in [1.807, 2.05) is 0 Å². The van der Waals surface area contributed by atoms with Gasteiger partial charge in [0.2, 0.25) is 5.88 Å². The van der Waals surface area contributed by atoms with Gasteiger partial charge in [0.15, 0.2) is 0 Å². The molecule has 4 N–H and O–H groups in total. The monoisotopic (exact) mass is 144 g/mol. The van der Waals surface area contributed by atoms with Crippen LogP contribution in [0.3, 0.4) is 0 Å². The number of nitrogens with one attached hydrogen (secondary N) is 2. The Labute approximate surface area is 56.3 Å². The summed E-state index contributed by atoms with van der Waals surface area (Å²) in [6.45, 7) is -0.144. The van der Waals surface area contributed by atoms with Crippen LogP contribution in [0.2, 0.25) is 0 Å². The molecule has 0 amide bonds. The van der Waals surface area contributed by atoms with E-state index in [0.717, 1.165) is 0 Å². The molecule has 0 bridgehead atoms. The fraction of sp³-hybridized carbons (Fsp3) is 0.400. The fourth-order valence-electron chi connectivity index (χ4n) is 0.718. The lowest BCUT2D eigenvalue weighted by atomic mass is 10.2. The Morgan fingerprint density at radius 3 is 2.50 bits per heavy atom. The van der Waals surface area contributed by atoms with Gasteiger partial charge >= 0.3 is 0 Å². The highest BCUT2D eigenvalue weighted by Crippen LogP contribution is 2.05. The zero-order valence-corrected chi connectivity index (χ0v) is 5.22. The number of rotatable bonds is 2. The highest BCUT2D eigenvalue weighted by Gasteiger charge is 2.05. The van der Waals surface area contributed by atoms with Gasteiger partial charge in [0.05, 0.1) is 5.56 Å². The lowest BCUT2D eigenvalue weighted by Gasteiger charge is -1.88. The second kappa shape index (κ2) is 2.57. The molecule has 0 aliphatic carbocycles. The molecule has 0 aliphatic heterocycles. The van der Waals surface area contributed by atoms with E-state index in [0.29, 0.717) is 0 Å². The maximum absolute atomic E-state index is 10.7. The second-order valence-corrected chi connectivity index (χ2v) is 1.88. The van der Waals surface area contributed by atoms with Crippen LogP contribution in [0.15, 0.2) is 4.79 Å². The van der Waals surface area contributed by atoms with Crippen molar-refractivity contribution in [1.82, 2.24) is 10.2 Å². The van der Waals surface area contributed by atoms with E-state index in [1.54, 1.807) is 0 Å². The summed E-state index contributed by atoms with van der Waals surface area (Å²) in [6, 6.07) is 0. The molecule has 0 aromatic carbocycles. The van der Waals surface area contributed by atoms with Crippen molar-refractivity contribution in [2.45, 2.75) is 6.42 Å². The number of aromatic amines is 2. The number of hydrogen-bond donors (Lipinski definition) is 4. The quantitative estimate of drug-likeness (QED) is 0.426. The molecule has 5 heteroatoms. The van der Waals surface area contributed by atoms with Crippen LogP contribution in [0, 0.1) is 0 Å². The Balaban J connectivity index is 2.99. The minimum Gasteiger partial charge on any atom is -0.493 e. The molecule has 0 unspecified atom stereocenters. The standard InChI is InChI=1S/C5H8N2O3/c8-2-1-3-4(9)6-7-5(3)10/h8H,1-2H2,(H3,6,7,9,10). The van der Waals surface area contributed by atoms with Gasteiger partial charge in [-0.2, -0.15) is 0 Å². The molecule has 56 valence electrons. The SMILES string of the molecule is O=c1[nH][nH]c(O)c1CCO. The second-order valence-electron chi connectivity index (χ2n) is 1.88. The van der Waals surface area contributed by atoms with Crippen molar-refractivity contribution in [2.24, 2.45) is 0 Å². The van der Waals surface area contributed by atoms with Crippen LogP contribution in [0.25, 0.3) is 0 Å². The number of H-pyrrole nitrogens is 2. The highest BCUT2D eigenvalue weighted by atomic mass is 16.3. The molecule has 0 atom stereocenters. The number of aliphatic hydroxyl groups is 1. The summed E-state index contributed by atoms with van der Waals surface area (Å²) >= 11 is 0. The van der Waals surface area contributed by atoms with E-state index < -0.39 is 0 Å². The first-order valence-corrected chi connectivity index (χ1v) is 2.85. The normalized spacial score (nSPS) is 10.1. The summed E-state index contributed by atoms with van der Waals surface area (Å²) in [7, 11) is 0. The molecule has 1 aromatic rings. The molecule has 0 saturated carbocycles. The van der Waals surface area contributed by atoms with Gasteiger partial charge in [0.25, 0.3) is 5.56 Å². The van der Waals surface area contributed by atoms with Crippen molar-refractivity contribution >= 4 is 0 Å². The van der Waals surface area contributed by atoms with Crippen molar-refractivity contribution in [2.75, 3.05) is 6.61 Å². The molecule has 5 nitrogen and oxygen atoms in total. The van der Waals surface area contributed by atoms with Gasteiger partial charge in [-0.1, -0.05) is 0 Å². The Morgan fingerprint density at radius 1 is 1.40 bits per heavy atom. The summed E-state index contributed by atoms with van der Waals surface area (Å²) in [5.74, 6) is -0.195. The van der Waals surface area contributed by atoms with Gasteiger partial charge in [-0.15, -0.1) is 0 Å². The van der Waals surface area contributed by atoms with E-state index in [9.17, 15) is 4.79 Å². The van der Waals surface area contributed by atoms with Gasteiger partial charge in [0.1, 0.15) is 0 Å². The van der Waals surface area contributed by atoms with Crippen molar-refractivity contribution in [1.29, 1.82) is 0 Å². The molecule has 10 heavy (non-hydrogen) atoms. The average Bonchev–Trinajstić information content (AvgIpc) is 2.20. The maximum atomic E-state index is 10.7. The van der Waals surface area contributed by atoms with Crippen LogP contribution in [-0.4, -0.2) is 27.0 Å². The predicted molar refractivity (Wildman–Crippen MR) is 33.9 cm³/mol. The van der Waals surface area contributed by atoms with Crippen LogP contribution < -0.4 is 5.56 Å². The van der Waals surface area contributed by atoms with Gasteiger partial charge in [0, 0.05) is 13.0 Å². The Hall–Kier alpha value is -1.23. The molecule has 0 saturated heterocycles. The lowest BCUT2D eigenvalue weighted by Crippen LogP contribution is -2.06. The van der Waals surface area contributed by atoms with Crippen LogP contribution in [0.4, 0.5) is 0 Å². The molecule has 0 fully saturated rings. The van der Waals surface area contributed by atoms with Gasteiger partial charge in [-0.05, 0) is 0 Å². The Bertz CT molecular complexity index is 262. The minimum absolute atomic E-state index is 0.144. The molecule has 0 spiro atoms. The van der Waals surface area contributed by atoms with Crippen LogP contribution in [0.5, 0.6) is 5.88 Å². The summed E-state index contributed by atoms with van der Waals surface area (Å²) in [6.07, 6.45) is 0.171. The Morgan fingerprint density at radius 2 is 2.10 bits per heavy atom. The topological polar surface area (TPSA) is 89.1 Å². The van der Waals surface area contributed by atoms with Crippen molar-refractivity contribution < 1.29 is 10.2 Å². The third-order valence-electron chi connectivity index (χ3n) is 1.22. The molecule has 0 aliphatic rings. The average molecular weight is 144 g/mol. The zero-order chi connectivity index (χ0) is 7.56. The van der Waals surface area contributed by atoms with E-state index in [1.165, 1.54) is 0 Å². The first-order chi connectivity index (χ1) is 4.75. The maximum Gasteiger partial charge on any atom is 0.271 e. The van der Waals surface area contributed by atoms with Crippen LogP contribution in [-0.2, 0) is 6.42 Å². The summed E-state index contributed by atoms with van der Waals surface area (Å²) in [4.78, 5) is 10.7. The lowest BCUT2D eigenvalue weighted by molar-refractivity contribution is 0.297. The first kappa shape index (κ1) is 6.88. The van der Waals surface area contributed by atoms with E-state index in [4.69, 9.17) is 10.2 Å². The zero-order valence-electron chi connectivity index (χ0n) is 5.22. The largest absolute Gasteiger partial charge is 0.493 e. The van der Waals surface area contributed by atoms with E-state index in [2.05, 4.69) is 10.2 Å². The fourth-order valence-corrected chi connectivity index (χ4v) is 0.718. The van der Waals surface area contributed by atoms with E-state index >= 15 is 0 Å². The number of aliphatic hydroxyl groups excluding tert-OH is 1. The summed E-state index contributed by atoms with van der Waals surface area (Å²) in [5.41, 5.74) is -0.186. The number of aromatic nitrogens is 2. The van der Waals surface area contributed by atoms with Crippen LogP contribution in [0.1, 0.15) is 5.56 Å². The third kappa shape index (κ3) is 1.03. The highest BCUT2D eigenvalue weighted by molar-refractivity contribution is 5.20. The van der Waals surface area contributed by atoms with Crippen LogP contribution >= 0.6 is 0 Å². The molecular weight excluding hydrogens is 136 g/mol. The molecular formula is C5H8N2O3. The number of hydrogen-bond acceptors (Lipinski definition) is 3. The first-order valence-electron chi connectivity index (χ1n) is 2.85. The summed E-state index contributed by atoms with van der Waals surface area (Å²) < 4.78 is 0. The smallest absolute Gasteiger partial charge is 0.271 e. The molecule has 1 heterocycles. The minimum atomic E-state index is -0.383. The summed E-state index contributed by atoms with van der Waals surface area (Å²) in [5, 5.41) is 21.7. The Kier molecular flexibility index (Phi) is 1.77. The third-order valence-corrected chi connectivity index (χ3v) is 1.22. The van der Waals surface area contributed by atoms with Crippen molar-refractivity contribution in [3.8, 4) is 5.88 Å². The van der Waals surface area contributed by atoms with Crippen molar-refractivity contribution in [3.63, 3.8) is 0 Å². The predicted octanol–water partition coefficient (Wildman–Crippen LogP) is -1.06.